The minimum atomic E-state index is -0.577. The molecular weight excluding hydrogens is 240 g/mol. The van der Waals surface area contributed by atoms with Crippen LogP contribution < -0.4 is 5.32 Å². The van der Waals surface area contributed by atoms with E-state index < -0.39 is 6.09 Å². The normalized spacial score (nSPS) is 9.42. The Labute approximate surface area is 111 Å². The molecular formula is C15H12N2O2. The Hall–Kier alpha value is -2.80. The first-order chi connectivity index (χ1) is 9.29. The molecule has 0 saturated heterocycles. The molecule has 0 aliphatic heterocycles. The van der Waals surface area contributed by atoms with Crippen LogP contribution in [-0.4, -0.2) is 6.09 Å². The molecule has 2 aromatic rings. The van der Waals surface area contributed by atoms with Gasteiger partial charge in [0.15, 0.2) is 0 Å². The number of amides is 1. The topological polar surface area (TPSA) is 62.1 Å². The van der Waals surface area contributed by atoms with Gasteiger partial charge in [-0.1, -0.05) is 42.5 Å². The van der Waals surface area contributed by atoms with Crippen molar-refractivity contribution in [2.75, 3.05) is 5.32 Å². The van der Waals surface area contributed by atoms with Crippen molar-refractivity contribution in [1.29, 1.82) is 5.26 Å². The second kappa shape index (κ2) is 6.22. The van der Waals surface area contributed by atoms with Crippen LogP contribution in [0, 0.1) is 11.3 Å². The van der Waals surface area contributed by atoms with E-state index in [2.05, 4.69) is 5.32 Å². The Morgan fingerprint density at radius 1 is 1.11 bits per heavy atom. The van der Waals surface area contributed by atoms with Crippen molar-refractivity contribution in [2.45, 2.75) is 6.61 Å². The van der Waals surface area contributed by atoms with Crippen LogP contribution in [0.4, 0.5) is 10.5 Å². The average molecular weight is 252 g/mol. The van der Waals surface area contributed by atoms with Crippen LogP contribution in [0.15, 0.2) is 54.6 Å². The summed E-state index contributed by atoms with van der Waals surface area (Å²) in [5, 5.41) is 11.4. The van der Waals surface area contributed by atoms with Gasteiger partial charge < -0.3 is 4.74 Å². The van der Waals surface area contributed by atoms with Crippen molar-refractivity contribution in [3.63, 3.8) is 0 Å². The lowest BCUT2D eigenvalue weighted by molar-refractivity contribution is 0.155. The van der Waals surface area contributed by atoms with E-state index in [9.17, 15) is 4.79 Å². The van der Waals surface area contributed by atoms with Gasteiger partial charge in [0.2, 0.25) is 0 Å². The van der Waals surface area contributed by atoms with Gasteiger partial charge in [-0.2, -0.15) is 5.26 Å². The summed E-state index contributed by atoms with van der Waals surface area (Å²) in [6.45, 7) is 0.196. The molecule has 0 radical (unpaired) electrons. The SMILES string of the molecule is N#Cc1ccccc1NC(=O)OCc1ccccc1. The first kappa shape index (κ1) is 12.7. The van der Waals surface area contributed by atoms with Gasteiger partial charge in [-0.05, 0) is 17.7 Å². The van der Waals surface area contributed by atoms with Gasteiger partial charge in [0.25, 0.3) is 0 Å². The molecule has 0 saturated carbocycles. The van der Waals surface area contributed by atoms with Crippen molar-refractivity contribution in [3.8, 4) is 6.07 Å². The predicted octanol–water partition coefficient (Wildman–Crippen LogP) is 3.31. The van der Waals surface area contributed by atoms with Crippen molar-refractivity contribution < 1.29 is 9.53 Å². The number of nitriles is 1. The zero-order valence-corrected chi connectivity index (χ0v) is 10.2. The van der Waals surface area contributed by atoms with Gasteiger partial charge in [-0.25, -0.2) is 4.79 Å². The summed E-state index contributed by atoms with van der Waals surface area (Å²) in [6.07, 6.45) is -0.577. The number of carbonyl (C=O) groups is 1. The van der Waals surface area contributed by atoms with Crippen molar-refractivity contribution >= 4 is 11.8 Å². The van der Waals surface area contributed by atoms with E-state index in [0.717, 1.165) is 5.56 Å². The van der Waals surface area contributed by atoms with Crippen LogP contribution in [0.1, 0.15) is 11.1 Å². The van der Waals surface area contributed by atoms with Crippen molar-refractivity contribution in [3.05, 3.63) is 65.7 Å². The number of ether oxygens (including phenoxy) is 1. The molecule has 4 nitrogen and oxygen atoms in total. The fourth-order valence-corrected chi connectivity index (χ4v) is 1.56. The highest BCUT2D eigenvalue weighted by molar-refractivity contribution is 5.86. The average Bonchev–Trinajstić information content (AvgIpc) is 2.47. The molecule has 4 heteroatoms. The standard InChI is InChI=1S/C15H12N2O2/c16-10-13-8-4-5-9-14(13)17-15(18)19-11-12-6-2-1-3-7-12/h1-9H,11H2,(H,17,18). The number of hydrogen-bond donors (Lipinski definition) is 1. The third-order valence-corrected chi connectivity index (χ3v) is 2.50. The fraction of sp³-hybridized carbons (Fsp3) is 0.0667. The Kier molecular flexibility index (Phi) is 4.14. The molecule has 0 bridgehead atoms. The molecule has 0 aliphatic rings. The highest BCUT2D eigenvalue weighted by Crippen LogP contribution is 2.14. The van der Waals surface area contributed by atoms with Gasteiger partial charge >= 0.3 is 6.09 Å². The summed E-state index contributed by atoms with van der Waals surface area (Å²) >= 11 is 0. The molecule has 0 heterocycles. The summed E-state index contributed by atoms with van der Waals surface area (Å²) in [4.78, 5) is 11.6. The number of hydrogen-bond acceptors (Lipinski definition) is 3. The quantitative estimate of drug-likeness (QED) is 0.911. The Morgan fingerprint density at radius 3 is 2.53 bits per heavy atom. The van der Waals surface area contributed by atoms with Gasteiger partial charge in [0, 0.05) is 0 Å². The highest BCUT2D eigenvalue weighted by atomic mass is 16.5. The maximum Gasteiger partial charge on any atom is 0.411 e. The number of nitrogens with zero attached hydrogens (tertiary/aromatic N) is 1. The number of nitrogens with one attached hydrogen (secondary N) is 1. The highest BCUT2D eigenvalue weighted by Gasteiger charge is 2.06. The van der Waals surface area contributed by atoms with Crippen LogP contribution in [0.3, 0.4) is 0 Å². The first-order valence-corrected chi connectivity index (χ1v) is 5.76. The van der Waals surface area contributed by atoms with Crippen LogP contribution in [0.25, 0.3) is 0 Å². The molecule has 0 aliphatic carbocycles. The molecule has 0 spiro atoms. The Morgan fingerprint density at radius 2 is 1.79 bits per heavy atom. The van der Waals surface area contributed by atoms with Gasteiger partial charge in [-0.15, -0.1) is 0 Å². The number of carbonyl (C=O) groups excluding carboxylic acids is 1. The maximum absolute atomic E-state index is 11.6. The van der Waals surface area contributed by atoms with Crippen molar-refractivity contribution in [2.24, 2.45) is 0 Å². The van der Waals surface area contributed by atoms with E-state index in [0.29, 0.717) is 11.3 Å². The maximum atomic E-state index is 11.6. The summed E-state index contributed by atoms with van der Waals surface area (Å²) in [6, 6.07) is 18.2. The molecule has 0 aromatic heterocycles. The lowest BCUT2D eigenvalue weighted by Gasteiger charge is -2.08. The molecule has 0 atom stereocenters. The predicted molar refractivity (Wildman–Crippen MR) is 71.4 cm³/mol. The van der Waals surface area contributed by atoms with Gasteiger partial charge in [0.05, 0.1) is 11.3 Å². The molecule has 1 amide bonds. The van der Waals surface area contributed by atoms with E-state index >= 15 is 0 Å². The number of anilines is 1. The third-order valence-electron chi connectivity index (χ3n) is 2.50. The molecule has 19 heavy (non-hydrogen) atoms. The van der Waals surface area contributed by atoms with E-state index in [1.54, 1.807) is 24.3 Å². The monoisotopic (exact) mass is 252 g/mol. The Balaban J connectivity index is 1.93. The zero-order chi connectivity index (χ0) is 13.5. The molecule has 94 valence electrons. The van der Waals surface area contributed by atoms with Gasteiger partial charge in [0.1, 0.15) is 12.7 Å². The first-order valence-electron chi connectivity index (χ1n) is 5.76. The van der Waals surface area contributed by atoms with E-state index in [-0.39, 0.29) is 6.61 Å². The minimum Gasteiger partial charge on any atom is -0.444 e. The Bertz CT molecular complexity index is 603. The summed E-state index contributed by atoms with van der Waals surface area (Å²) in [7, 11) is 0. The van der Waals surface area contributed by atoms with E-state index in [1.165, 1.54) is 0 Å². The number of rotatable bonds is 3. The van der Waals surface area contributed by atoms with Crippen LogP contribution >= 0.6 is 0 Å². The molecule has 1 N–H and O–H groups in total. The minimum absolute atomic E-state index is 0.196. The lowest BCUT2D eigenvalue weighted by atomic mass is 10.2. The molecule has 0 fully saturated rings. The third kappa shape index (κ3) is 3.58. The second-order valence-electron chi connectivity index (χ2n) is 3.84. The summed E-state index contributed by atoms with van der Waals surface area (Å²) < 4.78 is 5.07. The number of para-hydroxylation sites is 1. The van der Waals surface area contributed by atoms with Crippen LogP contribution in [-0.2, 0) is 11.3 Å². The van der Waals surface area contributed by atoms with E-state index in [4.69, 9.17) is 10.00 Å². The van der Waals surface area contributed by atoms with Crippen LogP contribution in [0.2, 0.25) is 0 Å². The molecule has 2 aromatic carbocycles. The summed E-state index contributed by atoms with van der Waals surface area (Å²) in [5.74, 6) is 0. The largest absolute Gasteiger partial charge is 0.444 e. The summed E-state index contributed by atoms with van der Waals surface area (Å²) in [5.41, 5.74) is 1.76. The second-order valence-corrected chi connectivity index (χ2v) is 3.84. The smallest absolute Gasteiger partial charge is 0.411 e. The van der Waals surface area contributed by atoms with Crippen molar-refractivity contribution in [1.82, 2.24) is 0 Å². The molecule has 0 unspecified atom stereocenters. The van der Waals surface area contributed by atoms with Crippen LogP contribution in [0.5, 0.6) is 0 Å². The zero-order valence-electron chi connectivity index (χ0n) is 10.2. The molecule has 2 rings (SSSR count). The lowest BCUT2D eigenvalue weighted by Crippen LogP contribution is -2.14. The van der Waals surface area contributed by atoms with E-state index in [1.807, 2.05) is 36.4 Å². The fourth-order valence-electron chi connectivity index (χ4n) is 1.56. The number of benzene rings is 2. The van der Waals surface area contributed by atoms with Gasteiger partial charge in [-0.3, -0.25) is 5.32 Å².